The third-order valence-electron chi connectivity index (χ3n) is 3.49. The van der Waals surface area contributed by atoms with Crippen molar-refractivity contribution < 1.29 is 4.79 Å². The predicted molar refractivity (Wildman–Crippen MR) is 72.6 cm³/mol. The number of pyridine rings is 1. The summed E-state index contributed by atoms with van der Waals surface area (Å²) in [5, 5.41) is 0.222. The molecule has 0 spiro atoms. The highest BCUT2D eigenvalue weighted by Gasteiger charge is 2.28. The lowest BCUT2D eigenvalue weighted by Crippen LogP contribution is -2.44. The lowest BCUT2D eigenvalue weighted by Gasteiger charge is -2.36. The number of nitrogen functional groups attached to an aromatic ring is 1. The molecule has 1 amide bonds. The van der Waals surface area contributed by atoms with Gasteiger partial charge in [-0.25, -0.2) is 4.98 Å². The molecule has 0 bridgehead atoms. The topological polar surface area (TPSA) is 59.2 Å². The van der Waals surface area contributed by atoms with E-state index in [1.54, 1.807) is 6.07 Å². The first-order chi connectivity index (χ1) is 8.49. The molecule has 18 heavy (non-hydrogen) atoms. The van der Waals surface area contributed by atoms with Crippen LogP contribution in [0.1, 0.15) is 37.0 Å². The maximum absolute atomic E-state index is 12.4. The first kappa shape index (κ1) is 13.1. The molecule has 1 aliphatic rings. The van der Waals surface area contributed by atoms with Crippen molar-refractivity contribution in [3.05, 3.63) is 23.0 Å². The van der Waals surface area contributed by atoms with Gasteiger partial charge in [0.1, 0.15) is 5.15 Å². The number of hydrogen-bond donors (Lipinski definition) is 1. The molecule has 2 unspecified atom stereocenters. The summed E-state index contributed by atoms with van der Waals surface area (Å²) in [6, 6.07) is 1.83. The number of nitrogens with zero attached hydrogens (tertiary/aromatic N) is 2. The minimum Gasteiger partial charge on any atom is -0.397 e. The molecule has 98 valence electrons. The number of amides is 1. The average molecular weight is 268 g/mol. The minimum atomic E-state index is -0.0702. The highest BCUT2D eigenvalue weighted by molar-refractivity contribution is 6.32. The van der Waals surface area contributed by atoms with Crippen LogP contribution in [0.5, 0.6) is 0 Å². The fourth-order valence-electron chi connectivity index (χ4n) is 2.48. The van der Waals surface area contributed by atoms with E-state index < -0.39 is 0 Å². The van der Waals surface area contributed by atoms with E-state index in [0.717, 1.165) is 19.4 Å². The highest BCUT2D eigenvalue weighted by Crippen LogP contribution is 2.26. The second kappa shape index (κ2) is 5.14. The van der Waals surface area contributed by atoms with Crippen molar-refractivity contribution in [3.63, 3.8) is 0 Å². The summed E-state index contributed by atoms with van der Waals surface area (Å²) in [6.07, 6.45) is 3.52. The smallest absolute Gasteiger partial charge is 0.257 e. The number of aromatic nitrogens is 1. The molecule has 1 saturated heterocycles. The molecule has 0 aromatic carbocycles. The van der Waals surface area contributed by atoms with Gasteiger partial charge in [-0.1, -0.05) is 18.5 Å². The molecule has 2 atom stereocenters. The fourth-order valence-corrected chi connectivity index (χ4v) is 2.66. The number of nitrogens with two attached hydrogens (primary N) is 1. The van der Waals surface area contributed by atoms with Crippen LogP contribution in [-0.2, 0) is 0 Å². The van der Waals surface area contributed by atoms with E-state index >= 15 is 0 Å². The highest BCUT2D eigenvalue weighted by atomic mass is 35.5. The lowest BCUT2D eigenvalue weighted by molar-refractivity contribution is 0.0588. The molecule has 1 aliphatic heterocycles. The third-order valence-corrected chi connectivity index (χ3v) is 3.79. The molecule has 2 heterocycles. The maximum Gasteiger partial charge on any atom is 0.257 e. The molecule has 0 aliphatic carbocycles. The summed E-state index contributed by atoms with van der Waals surface area (Å²) in [5.41, 5.74) is 6.52. The molecule has 1 aromatic rings. The maximum atomic E-state index is 12.4. The normalized spacial score (nSPS) is 24.1. The average Bonchev–Trinajstić information content (AvgIpc) is 2.31. The van der Waals surface area contributed by atoms with Crippen LogP contribution >= 0.6 is 11.6 Å². The molecular weight excluding hydrogens is 250 g/mol. The Morgan fingerprint density at radius 1 is 1.56 bits per heavy atom. The quantitative estimate of drug-likeness (QED) is 0.796. The molecular formula is C13H18ClN3O. The van der Waals surface area contributed by atoms with Crippen LogP contribution in [0.3, 0.4) is 0 Å². The van der Waals surface area contributed by atoms with Gasteiger partial charge in [0, 0.05) is 12.6 Å². The van der Waals surface area contributed by atoms with Crippen molar-refractivity contribution in [1.82, 2.24) is 9.88 Å². The Bertz CT molecular complexity index is 464. The molecule has 1 aromatic heterocycles. The largest absolute Gasteiger partial charge is 0.397 e. The Hall–Kier alpha value is -1.29. The van der Waals surface area contributed by atoms with Crippen molar-refractivity contribution in [2.24, 2.45) is 5.92 Å². The summed E-state index contributed by atoms with van der Waals surface area (Å²) in [7, 11) is 0. The van der Waals surface area contributed by atoms with Gasteiger partial charge in [-0.05, 0) is 31.7 Å². The molecule has 2 N–H and O–H groups in total. The Morgan fingerprint density at radius 2 is 2.28 bits per heavy atom. The first-order valence-electron chi connectivity index (χ1n) is 6.21. The number of anilines is 1. The second-order valence-corrected chi connectivity index (χ2v) is 5.44. The number of hydrogen-bond acceptors (Lipinski definition) is 3. The summed E-state index contributed by atoms with van der Waals surface area (Å²) < 4.78 is 0. The van der Waals surface area contributed by atoms with E-state index in [-0.39, 0.29) is 17.1 Å². The number of likely N-dealkylation sites (tertiary alicyclic amines) is 1. The predicted octanol–water partition coefficient (Wildman–Crippen LogP) is 2.58. The molecule has 2 rings (SSSR count). The van der Waals surface area contributed by atoms with Gasteiger partial charge >= 0.3 is 0 Å². The summed E-state index contributed by atoms with van der Waals surface area (Å²) in [6.45, 7) is 5.06. The van der Waals surface area contributed by atoms with Gasteiger partial charge in [-0.2, -0.15) is 0 Å². The molecule has 5 heteroatoms. The summed E-state index contributed by atoms with van der Waals surface area (Å²) in [5.74, 6) is 0.595. The van der Waals surface area contributed by atoms with Crippen LogP contribution in [0.25, 0.3) is 0 Å². The second-order valence-electron chi connectivity index (χ2n) is 5.08. The Labute approximate surface area is 112 Å². The van der Waals surface area contributed by atoms with E-state index in [0.29, 0.717) is 17.2 Å². The monoisotopic (exact) mass is 267 g/mol. The standard InChI is InChI=1S/C13H18ClN3O/c1-8-3-4-17(9(2)5-8)13(18)11-6-10(15)7-16-12(11)14/h6-9H,3-5,15H2,1-2H3. The molecule has 4 nitrogen and oxygen atoms in total. The van der Waals surface area contributed by atoms with E-state index in [1.807, 2.05) is 4.90 Å². The van der Waals surface area contributed by atoms with Gasteiger partial charge in [0.15, 0.2) is 0 Å². The Balaban J connectivity index is 2.23. The Morgan fingerprint density at radius 3 is 2.94 bits per heavy atom. The number of carbonyl (C=O) groups is 1. The third kappa shape index (κ3) is 2.58. The van der Waals surface area contributed by atoms with Crippen molar-refractivity contribution in [2.45, 2.75) is 32.7 Å². The zero-order chi connectivity index (χ0) is 13.3. The van der Waals surface area contributed by atoms with Crippen LogP contribution in [-0.4, -0.2) is 28.4 Å². The van der Waals surface area contributed by atoms with Crippen LogP contribution in [0.2, 0.25) is 5.15 Å². The molecule has 0 radical (unpaired) electrons. The van der Waals surface area contributed by atoms with Crippen LogP contribution in [0.15, 0.2) is 12.3 Å². The van der Waals surface area contributed by atoms with Crippen molar-refractivity contribution in [2.75, 3.05) is 12.3 Å². The Kier molecular flexibility index (Phi) is 3.76. The van der Waals surface area contributed by atoms with E-state index in [9.17, 15) is 4.79 Å². The van der Waals surface area contributed by atoms with Crippen LogP contribution < -0.4 is 5.73 Å². The SMILES string of the molecule is CC1CCN(C(=O)c2cc(N)cnc2Cl)C(C)C1. The van der Waals surface area contributed by atoms with Gasteiger partial charge < -0.3 is 10.6 Å². The summed E-state index contributed by atoms with van der Waals surface area (Å²) in [4.78, 5) is 18.2. The minimum absolute atomic E-state index is 0.0702. The van der Waals surface area contributed by atoms with Crippen LogP contribution in [0, 0.1) is 5.92 Å². The number of halogens is 1. The van der Waals surface area contributed by atoms with Crippen molar-refractivity contribution >= 4 is 23.2 Å². The van der Waals surface area contributed by atoms with Gasteiger partial charge in [0.25, 0.3) is 5.91 Å². The number of carbonyl (C=O) groups excluding carboxylic acids is 1. The van der Waals surface area contributed by atoms with Gasteiger partial charge in [-0.3, -0.25) is 4.79 Å². The summed E-state index contributed by atoms with van der Waals surface area (Å²) >= 11 is 5.97. The van der Waals surface area contributed by atoms with Crippen LogP contribution in [0.4, 0.5) is 5.69 Å². The van der Waals surface area contributed by atoms with E-state index in [1.165, 1.54) is 6.20 Å². The lowest BCUT2D eigenvalue weighted by atomic mass is 9.93. The van der Waals surface area contributed by atoms with Gasteiger partial charge in [0.2, 0.25) is 0 Å². The zero-order valence-electron chi connectivity index (χ0n) is 10.7. The number of piperidine rings is 1. The molecule has 0 saturated carbocycles. The number of rotatable bonds is 1. The van der Waals surface area contributed by atoms with Crippen molar-refractivity contribution in [1.29, 1.82) is 0 Å². The van der Waals surface area contributed by atoms with Gasteiger partial charge in [0.05, 0.1) is 17.4 Å². The zero-order valence-corrected chi connectivity index (χ0v) is 11.4. The van der Waals surface area contributed by atoms with Gasteiger partial charge in [-0.15, -0.1) is 0 Å². The molecule has 1 fully saturated rings. The fraction of sp³-hybridized carbons (Fsp3) is 0.538. The van der Waals surface area contributed by atoms with Crippen molar-refractivity contribution in [3.8, 4) is 0 Å². The first-order valence-corrected chi connectivity index (χ1v) is 6.59. The van der Waals surface area contributed by atoms with E-state index in [4.69, 9.17) is 17.3 Å². The van der Waals surface area contributed by atoms with E-state index in [2.05, 4.69) is 18.8 Å².